The average molecular weight is 630 g/mol. The van der Waals surface area contributed by atoms with Gasteiger partial charge in [0, 0.05) is 6.54 Å². The van der Waals surface area contributed by atoms with Gasteiger partial charge in [-0.1, -0.05) is 13.8 Å². The maximum absolute atomic E-state index is 12.0. The predicted molar refractivity (Wildman–Crippen MR) is 130 cm³/mol. The van der Waals surface area contributed by atoms with Crippen LogP contribution >= 0.6 is 0 Å². The van der Waals surface area contributed by atoms with Crippen molar-refractivity contribution in [1.29, 1.82) is 5.41 Å². The van der Waals surface area contributed by atoms with Crippen molar-refractivity contribution in [2.75, 3.05) is 13.1 Å². The highest BCUT2D eigenvalue weighted by Gasteiger charge is 2.38. The third kappa shape index (κ3) is 22.4. The van der Waals surface area contributed by atoms with Crippen LogP contribution in [0.3, 0.4) is 0 Å². The highest BCUT2D eigenvalue weighted by molar-refractivity contribution is 5.92. The fourth-order valence-corrected chi connectivity index (χ4v) is 2.12. The Hall–Kier alpha value is -4.37. The predicted octanol–water partition coefficient (Wildman–Crippen LogP) is -1.31. The van der Waals surface area contributed by atoms with E-state index in [1.165, 1.54) is 6.92 Å². The van der Waals surface area contributed by atoms with Gasteiger partial charge in [0.15, 0.2) is 5.96 Å². The first kappa shape index (κ1) is 42.1. The highest BCUT2D eigenvalue weighted by atomic mass is 19.4. The molecule has 3 amide bonds. The van der Waals surface area contributed by atoms with Crippen LogP contribution in [0.15, 0.2) is 0 Å². The van der Waals surface area contributed by atoms with Gasteiger partial charge >= 0.3 is 30.3 Å². The number of carbonyl (C=O) groups is 6. The smallest absolute Gasteiger partial charge is 0.480 e. The van der Waals surface area contributed by atoms with Crippen molar-refractivity contribution in [2.45, 2.75) is 64.1 Å². The van der Waals surface area contributed by atoms with Gasteiger partial charge in [-0.3, -0.25) is 19.8 Å². The second-order valence-corrected chi connectivity index (χ2v) is 8.27. The SMILES string of the molecule is CC(C)[C@H](NC(=O)[C@H](C)NC(=O)CNC(=O)[C@@H](N)CCCNC(=N)N)C(=O)O.O=C(O)C(F)(F)F.O=C(O)C(F)(F)F. The number of halogens is 6. The van der Waals surface area contributed by atoms with E-state index in [0.29, 0.717) is 19.4 Å². The monoisotopic (exact) mass is 629 g/mol. The second kappa shape index (κ2) is 19.7. The molecule has 0 rings (SSSR count). The normalized spacial score (nSPS) is 12.9. The van der Waals surface area contributed by atoms with Crippen molar-refractivity contribution in [3.05, 3.63) is 0 Å². The van der Waals surface area contributed by atoms with E-state index in [0.717, 1.165) is 0 Å². The van der Waals surface area contributed by atoms with Crippen molar-refractivity contribution in [1.82, 2.24) is 21.3 Å². The summed E-state index contributed by atoms with van der Waals surface area (Å²) in [4.78, 5) is 64.6. The quantitative estimate of drug-likeness (QED) is 0.0521. The van der Waals surface area contributed by atoms with Crippen molar-refractivity contribution in [3.8, 4) is 0 Å². The summed E-state index contributed by atoms with van der Waals surface area (Å²) >= 11 is 0. The molecule has 0 radical (unpaired) electrons. The van der Waals surface area contributed by atoms with Crippen LogP contribution in [-0.4, -0.2) is 100 Å². The van der Waals surface area contributed by atoms with Crippen LogP contribution in [0.2, 0.25) is 0 Å². The molecule has 0 saturated heterocycles. The summed E-state index contributed by atoms with van der Waals surface area (Å²) in [5.41, 5.74) is 10.8. The molecule has 42 heavy (non-hydrogen) atoms. The fraction of sp³-hybridized carbons (Fsp3) is 0.650. The number of carboxylic acids is 3. The molecule has 0 aromatic heterocycles. The van der Waals surface area contributed by atoms with Gasteiger partial charge in [0.25, 0.3) is 0 Å². The third-order valence-corrected chi connectivity index (χ3v) is 4.25. The Kier molecular flexibility index (Phi) is 19.7. The minimum atomic E-state index is -5.08. The Morgan fingerprint density at radius 1 is 0.810 bits per heavy atom. The summed E-state index contributed by atoms with van der Waals surface area (Å²) in [6.45, 7) is 4.73. The molecule has 0 aliphatic carbocycles. The molecule has 0 aliphatic heterocycles. The number of hydrogen-bond donors (Lipinski definition) is 10. The summed E-state index contributed by atoms with van der Waals surface area (Å²) in [7, 11) is 0. The minimum absolute atomic E-state index is 0.170. The number of guanidine groups is 1. The van der Waals surface area contributed by atoms with Crippen LogP contribution in [-0.2, 0) is 28.8 Å². The van der Waals surface area contributed by atoms with E-state index in [2.05, 4.69) is 21.3 Å². The molecule has 0 bridgehead atoms. The van der Waals surface area contributed by atoms with Gasteiger partial charge < -0.3 is 48.1 Å². The van der Waals surface area contributed by atoms with Gasteiger partial charge in [-0.25, -0.2) is 14.4 Å². The maximum Gasteiger partial charge on any atom is 0.490 e. The molecule has 0 saturated carbocycles. The number of nitrogens with two attached hydrogens (primary N) is 2. The van der Waals surface area contributed by atoms with Crippen LogP contribution in [0.4, 0.5) is 26.3 Å². The van der Waals surface area contributed by atoms with E-state index in [9.17, 15) is 45.5 Å². The lowest BCUT2D eigenvalue weighted by atomic mass is 10.0. The van der Waals surface area contributed by atoms with Crippen LogP contribution in [0.5, 0.6) is 0 Å². The molecule has 0 unspecified atom stereocenters. The Morgan fingerprint density at radius 3 is 1.57 bits per heavy atom. The zero-order valence-electron chi connectivity index (χ0n) is 22.4. The maximum atomic E-state index is 12.0. The number of alkyl halides is 6. The Balaban J connectivity index is -0.000000886. The molecule has 0 heterocycles. The largest absolute Gasteiger partial charge is 0.490 e. The number of aliphatic carboxylic acids is 3. The van der Waals surface area contributed by atoms with Gasteiger partial charge in [-0.05, 0) is 25.7 Å². The Morgan fingerprint density at radius 2 is 1.24 bits per heavy atom. The lowest BCUT2D eigenvalue weighted by molar-refractivity contribution is -0.193. The zero-order chi connectivity index (χ0) is 34.0. The van der Waals surface area contributed by atoms with Crippen LogP contribution in [0.1, 0.15) is 33.6 Å². The fourth-order valence-electron chi connectivity index (χ4n) is 2.12. The molecule has 22 heteroatoms. The first-order chi connectivity index (χ1) is 18.8. The van der Waals surface area contributed by atoms with Crippen molar-refractivity contribution in [3.63, 3.8) is 0 Å². The van der Waals surface area contributed by atoms with Gasteiger partial charge in [-0.15, -0.1) is 0 Å². The Labute approximate surface area is 234 Å². The van der Waals surface area contributed by atoms with Gasteiger partial charge in [-0.2, -0.15) is 26.3 Å². The summed E-state index contributed by atoms with van der Waals surface area (Å²) < 4.78 is 63.5. The molecule has 0 fully saturated rings. The summed E-state index contributed by atoms with van der Waals surface area (Å²) in [6, 6.07) is -2.87. The summed E-state index contributed by atoms with van der Waals surface area (Å²) in [6.07, 6.45) is -9.32. The first-order valence-corrected chi connectivity index (χ1v) is 11.4. The zero-order valence-corrected chi connectivity index (χ0v) is 22.4. The molecule has 0 spiro atoms. The van der Waals surface area contributed by atoms with E-state index < -0.39 is 66.1 Å². The van der Waals surface area contributed by atoms with E-state index in [1.807, 2.05) is 0 Å². The number of amides is 3. The third-order valence-electron chi connectivity index (χ3n) is 4.25. The second-order valence-electron chi connectivity index (χ2n) is 8.27. The molecular weight excluding hydrogens is 596 g/mol. The first-order valence-electron chi connectivity index (χ1n) is 11.4. The molecule has 16 nitrogen and oxygen atoms in total. The van der Waals surface area contributed by atoms with E-state index >= 15 is 0 Å². The number of nitrogens with one attached hydrogen (secondary N) is 5. The average Bonchev–Trinajstić information content (AvgIpc) is 2.82. The highest BCUT2D eigenvalue weighted by Crippen LogP contribution is 2.13. The van der Waals surface area contributed by atoms with Gasteiger partial charge in [0.05, 0.1) is 12.6 Å². The van der Waals surface area contributed by atoms with Crippen LogP contribution < -0.4 is 32.7 Å². The molecule has 0 aliphatic rings. The van der Waals surface area contributed by atoms with E-state index in [-0.39, 0.29) is 18.4 Å². The molecule has 12 N–H and O–H groups in total. The molecule has 0 aromatic carbocycles. The summed E-state index contributed by atoms with van der Waals surface area (Å²) in [5.74, 6) is -8.96. The minimum Gasteiger partial charge on any atom is -0.480 e. The molecular formula is C20H33F6N7O9. The number of hydrogen-bond acceptors (Lipinski definition) is 8. The van der Waals surface area contributed by atoms with Crippen molar-refractivity contribution >= 4 is 41.6 Å². The Bertz CT molecular complexity index is 922. The summed E-state index contributed by atoms with van der Waals surface area (Å²) in [5, 5.41) is 40.0. The van der Waals surface area contributed by atoms with Crippen molar-refractivity contribution in [2.24, 2.45) is 17.4 Å². The van der Waals surface area contributed by atoms with Gasteiger partial charge in [0.1, 0.15) is 12.1 Å². The topological polar surface area (TPSA) is 287 Å². The number of rotatable bonds is 12. The standard InChI is InChI=1S/C16H31N7O5.2C2HF3O2/c1-8(2)12(15(27)28)23-13(25)9(3)22-11(24)7-21-14(26)10(17)5-4-6-20-16(18)19;2*3-2(4,5)1(6)7/h8-10,12H,4-7,17H2,1-3H3,(H,21,26)(H,22,24)(H,23,25)(H,27,28)(H4,18,19,20);2*(H,6,7)/t9-,10-,12-;;/m0../s1. The number of carboxylic acid groups (broad SMARTS) is 3. The lowest BCUT2D eigenvalue weighted by Crippen LogP contribution is -2.53. The van der Waals surface area contributed by atoms with Crippen molar-refractivity contribution < 1.29 is 70.4 Å². The van der Waals surface area contributed by atoms with Gasteiger partial charge in [0.2, 0.25) is 17.7 Å². The number of carbonyl (C=O) groups excluding carboxylic acids is 3. The molecule has 3 atom stereocenters. The van der Waals surface area contributed by atoms with E-state index in [1.54, 1.807) is 13.8 Å². The van der Waals surface area contributed by atoms with Crippen LogP contribution in [0.25, 0.3) is 0 Å². The molecule has 0 aromatic rings. The van der Waals surface area contributed by atoms with E-state index in [4.69, 9.17) is 41.8 Å². The van der Waals surface area contributed by atoms with Crippen LogP contribution in [0, 0.1) is 11.3 Å². The lowest BCUT2D eigenvalue weighted by Gasteiger charge is -2.21. The molecule has 244 valence electrons.